The van der Waals surface area contributed by atoms with Crippen LogP contribution in [0, 0.1) is 5.92 Å². The van der Waals surface area contributed by atoms with Gasteiger partial charge in [-0.05, 0) is 72.6 Å². The molecule has 158 valence electrons. The monoisotopic (exact) mass is 390 g/mol. The van der Waals surface area contributed by atoms with Crippen LogP contribution in [0.3, 0.4) is 0 Å². The molecule has 0 spiro atoms. The third kappa shape index (κ3) is 7.02. The fourth-order valence-electron chi connectivity index (χ4n) is 5.03. The molecule has 1 aliphatic carbocycles. The third-order valence-corrected chi connectivity index (χ3v) is 7.05. The van der Waals surface area contributed by atoms with Crippen LogP contribution >= 0.6 is 0 Å². The highest BCUT2D eigenvalue weighted by Gasteiger charge is 2.22. The molecule has 29 heavy (non-hydrogen) atoms. The quantitative estimate of drug-likeness (QED) is 0.335. The van der Waals surface area contributed by atoms with Crippen molar-refractivity contribution in [3.63, 3.8) is 0 Å². The number of unbranched alkanes of at least 4 members (excludes halogenated alkanes) is 5. The first kappa shape index (κ1) is 22.1. The van der Waals surface area contributed by atoms with E-state index in [0.29, 0.717) is 0 Å². The number of hydrogen-bond acceptors (Lipinski definition) is 0. The van der Waals surface area contributed by atoms with Gasteiger partial charge in [-0.3, -0.25) is 0 Å². The van der Waals surface area contributed by atoms with Crippen LogP contribution < -0.4 is 0 Å². The van der Waals surface area contributed by atoms with E-state index < -0.39 is 0 Å². The van der Waals surface area contributed by atoms with Gasteiger partial charge in [0.1, 0.15) is 0 Å². The lowest BCUT2D eigenvalue weighted by Crippen LogP contribution is -2.13. The molecular weight excluding hydrogens is 348 g/mol. The molecule has 0 amide bonds. The summed E-state index contributed by atoms with van der Waals surface area (Å²) in [5.74, 6) is 1.79. The van der Waals surface area contributed by atoms with E-state index in [0.717, 1.165) is 11.8 Å². The maximum atomic E-state index is 2.40. The minimum absolute atomic E-state index is 0.789. The summed E-state index contributed by atoms with van der Waals surface area (Å²) in [5.41, 5.74) is 5.75. The Morgan fingerprint density at radius 2 is 1.21 bits per heavy atom. The zero-order valence-electron chi connectivity index (χ0n) is 19.0. The Labute approximate surface area is 180 Å². The van der Waals surface area contributed by atoms with Crippen LogP contribution in [0.1, 0.15) is 108 Å². The topological polar surface area (TPSA) is 0 Å². The standard InChI is InChI=1S/C29H42/c1-3-5-7-9-11-25-14-18-27(19-15-25)29-22-20-28(21-23-29)26-16-12-24(13-17-26)10-8-6-4-2/h12-13,16-17,20-23,25,27H,3-11,14-15,18-19H2,1-2H3. The van der Waals surface area contributed by atoms with E-state index in [9.17, 15) is 0 Å². The molecule has 0 radical (unpaired) electrons. The number of hydrogen-bond donors (Lipinski definition) is 0. The van der Waals surface area contributed by atoms with Gasteiger partial charge in [-0.2, -0.15) is 0 Å². The second-order valence-corrected chi connectivity index (χ2v) is 9.34. The first-order chi connectivity index (χ1) is 14.3. The lowest BCUT2D eigenvalue weighted by atomic mass is 9.77. The fourth-order valence-corrected chi connectivity index (χ4v) is 5.03. The first-order valence-corrected chi connectivity index (χ1v) is 12.5. The fraction of sp³-hybridized carbons (Fsp3) is 0.586. The van der Waals surface area contributed by atoms with Crippen LogP contribution in [0.25, 0.3) is 11.1 Å². The predicted molar refractivity (Wildman–Crippen MR) is 129 cm³/mol. The second-order valence-electron chi connectivity index (χ2n) is 9.34. The van der Waals surface area contributed by atoms with Crippen molar-refractivity contribution in [2.24, 2.45) is 5.92 Å². The molecule has 0 aromatic heterocycles. The average Bonchev–Trinajstić information content (AvgIpc) is 2.78. The molecule has 2 aromatic rings. The summed E-state index contributed by atoms with van der Waals surface area (Å²) in [6.07, 6.45) is 18.0. The van der Waals surface area contributed by atoms with E-state index >= 15 is 0 Å². The van der Waals surface area contributed by atoms with Crippen LogP contribution in [-0.2, 0) is 6.42 Å². The smallest absolute Gasteiger partial charge is 0.0162 e. The molecule has 1 aliphatic rings. The molecule has 0 bridgehead atoms. The van der Waals surface area contributed by atoms with Crippen molar-refractivity contribution in [2.75, 3.05) is 0 Å². The summed E-state index contributed by atoms with van der Waals surface area (Å²) in [7, 11) is 0. The normalized spacial score (nSPS) is 19.4. The minimum atomic E-state index is 0.789. The SMILES string of the molecule is CCCCCCC1CCC(c2ccc(-c3ccc(CCCCC)cc3)cc2)CC1. The van der Waals surface area contributed by atoms with Crippen LogP contribution in [-0.4, -0.2) is 0 Å². The van der Waals surface area contributed by atoms with Gasteiger partial charge in [0.05, 0.1) is 0 Å². The van der Waals surface area contributed by atoms with Gasteiger partial charge in [-0.15, -0.1) is 0 Å². The minimum Gasteiger partial charge on any atom is -0.0654 e. The summed E-state index contributed by atoms with van der Waals surface area (Å²) in [4.78, 5) is 0. The van der Waals surface area contributed by atoms with E-state index in [4.69, 9.17) is 0 Å². The molecule has 0 heterocycles. The van der Waals surface area contributed by atoms with Crippen molar-refractivity contribution in [3.05, 3.63) is 59.7 Å². The maximum absolute atomic E-state index is 2.40. The zero-order valence-corrected chi connectivity index (χ0v) is 19.0. The lowest BCUT2D eigenvalue weighted by molar-refractivity contribution is 0.302. The Morgan fingerprint density at radius 1 is 0.621 bits per heavy atom. The number of benzene rings is 2. The van der Waals surface area contributed by atoms with E-state index in [1.165, 1.54) is 100 Å². The van der Waals surface area contributed by atoms with Gasteiger partial charge in [0, 0.05) is 0 Å². The van der Waals surface area contributed by atoms with Gasteiger partial charge in [0.25, 0.3) is 0 Å². The summed E-state index contributed by atoms with van der Waals surface area (Å²) in [6, 6.07) is 18.7. The Kier molecular flexibility index (Phi) is 9.32. The van der Waals surface area contributed by atoms with Crippen molar-refractivity contribution in [1.29, 1.82) is 0 Å². The molecule has 1 fully saturated rings. The van der Waals surface area contributed by atoms with Gasteiger partial charge < -0.3 is 0 Å². The Morgan fingerprint density at radius 3 is 1.83 bits per heavy atom. The molecular formula is C29H42. The number of aryl methyl sites for hydroxylation is 1. The summed E-state index contributed by atoms with van der Waals surface area (Å²) in [5, 5.41) is 0. The lowest BCUT2D eigenvalue weighted by Gasteiger charge is -2.29. The van der Waals surface area contributed by atoms with Crippen molar-refractivity contribution < 1.29 is 0 Å². The Balaban J connectivity index is 1.48. The molecule has 0 atom stereocenters. The van der Waals surface area contributed by atoms with Gasteiger partial charge in [0.2, 0.25) is 0 Å². The van der Waals surface area contributed by atoms with E-state index in [1.807, 2.05) is 0 Å². The van der Waals surface area contributed by atoms with Crippen molar-refractivity contribution in [2.45, 2.75) is 103 Å². The Bertz CT molecular complexity index is 671. The molecule has 1 saturated carbocycles. The highest BCUT2D eigenvalue weighted by atomic mass is 14.3. The van der Waals surface area contributed by atoms with Gasteiger partial charge in [-0.25, -0.2) is 0 Å². The van der Waals surface area contributed by atoms with Gasteiger partial charge in [-0.1, -0.05) is 107 Å². The maximum Gasteiger partial charge on any atom is -0.0162 e. The van der Waals surface area contributed by atoms with Crippen LogP contribution in [0.15, 0.2) is 48.5 Å². The van der Waals surface area contributed by atoms with Crippen LogP contribution in [0.5, 0.6) is 0 Å². The summed E-state index contributed by atoms with van der Waals surface area (Å²) >= 11 is 0. The second kappa shape index (κ2) is 12.2. The third-order valence-electron chi connectivity index (χ3n) is 7.05. The summed E-state index contributed by atoms with van der Waals surface area (Å²) in [6.45, 7) is 4.58. The largest absolute Gasteiger partial charge is 0.0654 e. The van der Waals surface area contributed by atoms with Gasteiger partial charge >= 0.3 is 0 Å². The van der Waals surface area contributed by atoms with Crippen molar-refractivity contribution in [3.8, 4) is 11.1 Å². The number of rotatable bonds is 11. The molecule has 0 saturated heterocycles. The molecule has 0 unspecified atom stereocenters. The van der Waals surface area contributed by atoms with Crippen molar-refractivity contribution in [1.82, 2.24) is 0 Å². The van der Waals surface area contributed by atoms with E-state index in [1.54, 1.807) is 5.56 Å². The molecule has 0 heteroatoms. The zero-order chi connectivity index (χ0) is 20.3. The molecule has 3 rings (SSSR count). The average molecular weight is 391 g/mol. The van der Waals surface area contributed by atoms with Crippen LogP contribution in [0.4, 0.5) is 0 Å². The van der Waals surface area contributed by atoms with Gasteiger partial charge in [0.15, 0.2) is 0 Å². The summed E-state index contributed by atoms with van der Waals surface area (Å²) < 4.78 is 0. The Hall–Kier alpha value is -1.56. The van der Waals surface area contributed by atoms with Crippen LogP contribution in [0.2, 0.25) is 0 Å². The first-order valence-electron chi connectivity index (χ1n) is 12.5. The highest BCUT2D eigenvalue weighted by molar-refractivity contribution is 5.64. The molecule has 0 nitrogen and oxygen atoms in total. The molecule has 2 aromatic carbocycles. The highest BCUT2D eigenvalue weighted by Crippen LogP contribution is 2.38. The van der Waals surface area contributed by atoms with E-state index in [2.05, 4.69) is 62.4 Å². The predicted octanol–water partition coefficient (Wildman–Crippen LogP) is 9.33. The molecule has 0 aliphatic heterocycles. The van der Waals surface area contributed by atoms with Crippen molar-refractivity contribution >= 4 is 0 Å². The van der Waals surface area contributed by atoms with E-state index in [-0.39, 0.29) is 0 Å². The molecule has 0 N–H and O–H groups in total.